The second-order valence-corrected chi connectivity index (χ2v) is 11.6. The van der Waals surface area contributed by atoms with Crippen LogP contribution in [0.2, 0.25) is 15.1 Å². The number of carbonyl (C=O) groups is 2. The first-order chi connectivity index (χ1) is 16.3. The summed E-state index contributed by atoms with van der Waals surface area (Å²) in [4.78, 5) is 27.8. The van der Waals surface area contributed by atoms with Gasteiger partial charge in [0.25, 0.3) is 0 Å². The average Bonchev–Trinajstić information content (AvgIpc) is 2.77. The summed E-state index contributed by atoms with van der Waals surface area (Å²) < 4.78 is 26.4. The molecule has 0 aliphatic carbocycles. The van der Waals surface area contributed by atoms with Gasteiger partial charge in [0.2, 0.25) is 21.8 Å². The summed E-state index contributed by atoms with van der Waals surface area (Å²) in [7, 11) is -3.87. The molecule has 2 aromatic rings. The van der Waals surface area contributed by atoms with E-state index < -0.39 is 28.5 Å². The first-order valence-corrected chi connectivity index (χ1v) is 14.0. The van der Waals surface area contributed by atoms with Gasteiger partial charge in [0.15, 0.2) is 0 Å². The Hall–Kier alpha value is -2.00. The SMILES string of the molecule is CCC(C)NC(=O)C(C)N(Cc1c(Cl)cccc1Cl)C(=O)CN(c1cc(Cl)ccc1C)S(C)(=O)=O. The van der Waals surface area contributed by atoms with Crippen LogP contribution in [0.1, 0.15) is 38.3 Å². The van der Waals surface area contributed by atoms with Gasteiger partial charge in [-0.2, -0.15) is 0 Å². The van der Waals surface area contributed by atoms with E-state index in [-0.39, 0.29) is 24.2 Å². The third-order valence-electron chi connectivity index (χ3n) is 5.68. The van der Waals surface area contributed by atoms with Crippen molar-refractivity contribution in [2.75, 3.05) is 17.1 Å². The van der Waals surface area contributed by atoms with Crippen LogP contribution in [-0.2, 0) is 26.2 Å². The van der Waals surface area contributed by atoms with Crippen molar-refractivity contribution in [1.29, 1.82) is 0 Å². The van der Waals surface area contributed by atoms with E-state index in [1.807, 2.05) is 13.8 Å². The van der Waals surface area contributed by atoms with E-state index in [1.165, 1.54) is 11.0 Å². The predicted octanol–water partition coefficient (Wildman–Crippen LogP) is 5.05. The van der Waals surface area contributed by atoms with Crippen LogP contribution >= 0.6 is 34.8 Å². The minimum absolute atomic E-state index is 0.0848. The van der Waals surface area contributed by atoms with Crippen LogP contribution in [0, 0.1) is 6.92 Å². The van der Waals surface area contributed by atoms with Crippen molar-refractivity contribution in [3.05, 3.63) is 62.6 Å². The molecule has 11 heteroatoms. The van der Waals surface area contributed by atoms with Crippen molar-refractivity contribution in [2.24, 2.45) is 0 Å². The number of amides is 2. The summed E-state index contributed by atoms with van der Waals surface area (Å²) in [5.41, 5.74) is 1.36. The summed E-state index contributed by atoms with van der Waals surface area (Å²) in [6.45, 7) is 6.46. The average molecular weight is 563 g/mol. The zero-order valence-corrected chi connectivity index (χ0v) is 23.4. The van der Waals surface area contributed by atoms with Crippen LogP contribution < -0.4 is 9.62 Å². The molecule has 2 atom stereocenters. The number of carbonyl (C=O) groups excluding carboxylic acids is 2. The smallest absolute Gasteiger partial charge is 0.244 e. The number of benzene rings is 2. The van der Waals surface area contributed by atoms with Gasteiger partial charge in [-0.15, -0.1) is 0 Å². The Labute approximate surface area is 222 Å². The van der Waals surface area contributed by atoms with Gasteiger partial charge in [0.05, 0.1) is 11.9 Å². The number of sulfonamides is 1. The number of nitrogens with one attached hydrogen (secondary N) is 1. The minimum atomic E-state index is -3.87. The molecule has 0 bridgehead atoms. The molecule has 2 aromatic carbocycles. The molecule has 0 aliphatic heterocycles. The zero-order chi connectivity index (χ0) is 26.5. The Balaban J connectivity index is 2.49. The van der Waals surface area contributed by atoms with E-state index in [0.29, 0.717) is 32.6 Å². The van der Waals surface area contributed by atoms with Crippen molar-refractivity contribution in [3.8, 4) is 0 Å². The number of aryl methyl sites for hydroxylation is 1. The van der Waals surface area contributed by atoms with Gasteiger partial charge >= 0.3 is 0 Å². The van der Waals surface area contributed by atoms with Crippen LogP contribution in [0.3, 0.4) is 0 Å². The second kappa shape index (κ2) is 12.3. The van der Waals surface area contributed by atoms with Crippen LogP contribution in [-0.4, -0.2) is 50.0 Å². The number of rotatable bonds is 10. The van der Waals surface area contributed by atoms with Crippen LogP contribution in [0.15, 0.2) is 36.4 Å². The van der Waals surface area contributed by atoms with E-state index in [2.05, 4.69) is 5.32 Å². The lowest BCUT2D eigenvalue weighted by atomic mass is 10.1. The molecule has 0 saturated heterocycles. The monoisotopic (exact) mass is 561 g/mol. The van der Waals surface area contributed by atoms with Crippen molar-refractivity contribution in [2.45, 2.75) is 52.7 Å². The molecule has 0 radical (unpaired) electrons. The van der Waals surface area contributed by atoms with E-state index in [4.69, 9.17) is 34.8 Å². The molecule has 0 aromatic heterocycles. The van der Waals surface area contributed by atoms with Gasteiger partial charge in [-0.25, -0.2) is 8.42 Å². The zero-order valence-electron chi connectivity index (χ0n) is 20.3. The van der Waals surface area contributed by atoms with Crippen molar-refractivity contribution in [3.63, 3.8) is 0 Å². The van der Waals surface area contributed by atoms with Crippen molar-refractivity contribution >= 4 is 62.3 Å². The van der Waals surface area contributed by atoms with E-state index in [9.17, 15) is 18.0 Å². The van der Waals surface area contributed by atoms with Crippen LogP contribution in [0.4, 0.5) is 5.69 Å². The lowest BCUT2D eigenvalue weighted by Crippen LogP contribution is -2.52. The molecule has 1 N–H and O–H groups in total. The predicted molar refractivity (Wildman–Crippen MR) is 143 cm³/mol. The number of anilines is 1. The summed E-state index contributed by atoms with van der Waals surface area (Å²) in [6.07, 6.45) is 1.72. The highest BCUT2D eigenvalue weighted by molar-refractivity contribution is 7.92. The summed E-state index contributed by atoms with van der Waals surface area (Å²) in [5.74, 6) is -0.974. The molecular formula is C24H30Cl3N3O4S. The maximum Gasteiger partial charge on any atom is 0.244 e. The molecular weight excluding hydrogens is 533 g/mol. The minimum Gasteiger partial charge on any atom is -0.352 e. The highest BCUT2D eigenvalue weighted by Gasteiger charge is 2.31. The lowest BCUT2D eigenvalue weighted by molar-refractivity contribution is -0.139. The second-order valence-electron chi connectivity index (χ2n) is 8.42. The third-order valence-corrected chi connectivity index (χ3v) is 7.75. The van der Waals surface area contributed by atoms with Crippen molar-refractivity contribution in [1.82, 2.24) is 10.2 Å². The highest BCUT2D eigenvalue weighted by atomic mass is 35.5. The Kier molecular flexibility index (Phi) is 10.3. The van der Waals surface area contributed by atoms with Crippen LogP contribution in [0.5, 0.6) is 0 Å². The number of hydrogen-bond acceptors (Lipinski definition) is 4. The molecule has 7 nitrogen and oxygen atoms in total. The number of hydrogen-bond donors (Lipinski definition) is 1. The topological polar surface area (TPSA) is 86.8 Å². The Morgan fingerprint density at radius 2 is 1.66 bits per heavy atom. The standard InChI is InChI=1S/C24H30Cl3N3O4S/c1-6-16(3)28-24(32)17(4)29(13-19-20(26)8-7-9-21(19)27)23(31)14-30(35(5,33)34)22-12-18(25)11-10-15(22)2/h7-12,16-17H,6,13-14H2,1-5H3,(H,28,32). The normalized spacial score (nSPS) is 13.1. The van der Waals surface area contributed by atoms with E-state index in [0.717, 1.165) is 10.6 Å². The van der Waals surface area contributed by atoms with Crippen molar-refractivity contribution < 1.29 is 18.0 Å². The van der Waals surface area contributed by atoms with E-state index in [1.54, 1.807) is 44.2 Å². The first kappa shape index (κ1) is 29.2. The molecule has 0 heterocycles. The quantitative estimate of drug-likeness (QED) is 0.439. The van der Waals surface area contributed by atoms with E-state index >= 15 is 0 Å². The highest BCUT2D eigenvalue weighted by Crippen LogP contribution is 2.29. The van der Waals surface area contributed by atoms with Crippen LogP contribution in [0.25, 0.3) is 0 Å². The summed E-state index contributed by atoms with van der Waals surface area (Å²) in [6, 6.07) is 8.70. The van der Waals surface area contributed by atoms with Gasteiger partial charge in [-0.1, -0.05) is 53.9 Å². The Morgan fingerprint density at radius 1 is 1.06 bits per heavy atom. The van der Waals surface area contributed by atoms with Gasteiger partial charge in [-0.05, 0) is 57.0 Å². The summed E-state index contributed by atoms with van der Waals surface area (Å²) >= 11 is 18.8. The van der Waals surface area contributed by atoms with Gasteiger partial charge < -0.3 is 10.2 Å². The molecule has 2 amide bonds. The molecule has 192 valence electrons. The Morgan fingerprint density at radius 3 is 2.20 bits per heavy atom. The first-order valence-electron chi connectivity index (χ1n) is 11.0. The molecule has 0 spiro atoms. The molecule has 2 unspecified atom stereocenters. The fourth-order valence-electron chi connectivity index (χ4n) is 3.35. The number of halogens is 3. The van der Waals surface area contributed by atoms with Gasteiger partial charge in [0, 0.05) is 33.2 Å². The largest absolute Gasteiger partial charge is 0.352 e. The molecule has 35 heavy (non-hydrogen) atoms. The molecule has 0 saturated carbocycles. The Bertz CT molecular complexity index is 1170. The fraction of sp³-hybridized carbons (Fsp3) is 0.417. The summed E-state index contributed by atoms with van der Waals surface area (Å²) in [5, 5.41) is 3.85. The third kappa shape index (κ3) is 7.74. The maximum absolute atomic E-state index is 13.6. The maximum atomic E-state index is 13.6. The molecule has 0 aliphatic rings. The van der Waals surface area contributed by atoms with Gasteiger partial charge in [-0.3, -0.25) is 13.9 Å². The van der Waals surface area contributed by atoms with Gasteiger partial charge in [0.1, 0.15) is 12.6 Å². The lowest BCUT2D eigenvalue weighted by Gasteiger charge is -2.32. The molecule has 2 rings (SSSR count). The number of nitrogens with zero attached hydrogens (tertiary/aromatic N) is 2. The fourth-order valence-corrected chi connectivity index (χ4v) is 4.93. The molecule has 0 fully saturated rings.